The van der Waals surface area contributed by atoms with Gasteiger partial charge in [-0.1, -0.05) is 0 Å². The normalized spacial score (nSPS) is 32.2. The molecule has 1 heterocycles. The maximum absolute atomic E-state index is 9.69. The second-order valence-corrected chi connectivity index (χ2v) is 4.37. The summed E-state index contributed by atoms with van der Waals surface area (Å²) >= 11 is 0. The van der Waals surface area contributed by atoms with Gasteiger partial charge >= 0.3 is 0 Å². The number of hydrogen-bond donors (Lipinski definition) is 4. The molecule has 0 spiro atoms. The van der Waals surface area contributed by atoms with Crippen molar-refractivity contribution < 1.29 is 29.9 Å². The van der Waals surface area contributed by atoms with Crippen molar-refractivity contribution in [2.75, 3.05) is 6.61 Å². The highest BCUT2D eigenvalue weighted by Crippen LogP contribution is 2.25. The van der Waals surface area contributed by atoms with Crippen molar-refractivity contribution in [2.45, 2.75) is 31.5 Å². The molecule has 4 N–H and O–H groups in total. The minimum Gasteiger partial charge on any atom is -0.508 e. The lowest BCUT2D eigenvalue weighted by Crippen LogP contribution is -2.54. The van der Waals surface area contributed by atoms with Crippen LogP contribution in [-0.4, -0.2) is 51.6 Å². The van der Waals surface area contributed by atoms with E-state index in [1.807, 2.05) is 0 Å². The van der Waals surface area contributed by atoms with Crippen molar-refractivity contribution >= 4 is 0 Å². The number of aliphatic hydroxyl groups excluding tert-OH is 3. The van der Waals surface area contributed by atoms with Gasteiger partial charge in [0.2, 0.25) is 6.29 Å². The lowest BCUT2D eigenvalue weighted by Gasteiger charge is -2.34. The fourth-order valence-electron chi connectivity index (χ4n) is 1.81. The Hall–Kier alpha value is -1.34. The summed E-state index contributed by atoms with van der Waals surface area (Å²) in [5.74, 6) is 0.357. The molecular formula is C12H16O6. The highest BCUT2D eigenvalue weighted by Gasteiger charge is 2.38. The third kappa shape index (κ3) is 2.73. The molecule has 0 saturated carbocycles. The molecule has 6 heteroatoms. The maximum Gasteiger partial charge on any atom is 0.228 e. The Balaban J connectivity index is 2.09. The Labute approximate surface area is 104 Å². The number of aliphatic hydroxyl groups is 3. The summed E-state index contributed by atoms with van der Waals surface area (Å²) in [6.45, 7) is 1.66. The Morgan fingerprint density at radius 2 is 1.89 bits per heavy atom. The molecule has 1 aromatic carbocycles. The molecule has 0 aliphatic carbocycles. The molecule has 4 atom stereocenters. The first kappa shape index (κ1) is 13.1. The number of rotatable bonds is 2. The fourth-order valence-corrected chi connectivity index (χ4v) is 1.81. The number of hydrogen-bond acceptors (Lipinski definition) is 6. The quantitative estimate of drug-likeness (QED) is 0.570. The first-order valence-electron chi connectivity index (χ1n) is 5.60. The third-order valence-electron chi connectivity index (χ3n) is 2.74. The van der Waals surface area contributed by atoms with Crippen LogP contribution in [-0.2, 0) is 4.74 Å². The average molecular weight is 256 g/mol. The smallest absolute Gasteiger partial charge is 0.228 e. The summed E-state index contributed by atoms with van der Waals surface area (Å²) in [5.41, 5.74) is 0.788. The van der Waals surface area contributed by atoms with Gasteiger partial charge in [-0.25, -0.2) is 0 Å². The van der Waals surface area contributed by atoms with Crippen molar-refractivity contribution in [1.82, 2.24) is 0 Å². The molecule has 1 fully saturated rings. The average Bonchev–Trinajstić information content (AvgIpc) is 2.29. The molecule has 0 aromatic heterocycles. The lowest BCUT2D eigenvalue weighted by molar-refractivity contribution is -0.242. The Morgan fingerprint density at radius 3 is 2.56 bits per heavy atom. The largest absolute Gasteiger partial charge is 0.508 e. The van der Waals surface area contributed by atoms with Crippen LogP contribution in [0.15, 0.2) is 18.2 Å². The SMILES string of the molecule is Cc1cc(O)cc(OC2OC[C@@H](O)[C@H](O)[C@H]2O)c1. The van der Waals surface area contributed by atoms with Gasteiger partial charge in [-0.2, -0.15) is 0 Å². The molecule has 2 rings (SSSR count). The van der Waals surface area contributed by atoms with Gasteiger partial charge in [0.05, 0.1) is 6.61 Å². The molecule has 0 amide bonds. The zero-order chi connectivity index (χ0) is 13.3. The van der Waals surface area contributed by atoms with Crippen LogP contribution >= 0.6 is 0 Å². The van der Waals surface area contributed by atoms with Gasteiger partial charge in [0.15, 0.2) is 0 Å². The van der Waals surface area contributed by atoms with Gasteiger partial charge in [-0.3, -0.25) is 0 Å². The van der Waals surface area contributed by atoms with Gasteiger partial charge in [-0.15, -0.1) is 0 Å². The molecular weight excluding hydrogens is 240 g/mol. The van der Waals surface area contributed by atoms with Crippen molar-refractivity contribution in [3.8, 4) is 11.5 Å². The Kier molecular flexibility index (Phi) is 3.72. The molecule has 1 aliphatic heterocycles. The van der Waals surface area contributed by atoms with E-state index in [2.05, 4.69) is 0 Å². The zero-order valence-corrected chi connectivity index (χ0v) is 9.85. The first-order valence-corrected chi connectivity index (χ1v) is 5.60. The van der Waals surface area contributed by atoms with Crippen molar-refractivity contribution in [3.05, 3.63) is 23.8 Å². The second-order valence-electron chi connectivity index (χ2n) is 4.37. The number of aromatic hydroxyl groups is 1. The van der Waals surface area contributed by atoms with Crippen molar-refractivity contribution in [3.63, 3.8) is 0 Å². The van der Waals surface area contributed by atoms with Crippen molar-refractivity contribution in [1.29, 1.82) is 0 Å². The summed E-state index contributed by atoms with van der Waals surface area (Å²) in [4.78, 5) is 0. The van der Waals surface area contributed by atoms with Crippen LogP contribution in [0.1, 0.15) is 5.56 Å². The molecule has 1 aromatic rings. The predicted octanol–water partition coefficient (Wildman–Crippen LogP) is -0.482. The number of phenols is 1. The van der Waals surface area contributed by atoms with E-state index in [4.69, 9.17) is 9.47 Å². The topological polar surface area (TPSA) is 99.4 Å². The van der Waals surface area contributed by atoms with E-state index < -0.39 is 24.6 Å². The van der Waals surface area contributed by atoms with Crippen LogP contribution in [0.4, 0.5) is 0 Å². The van der Waals surface area contributed by atoms with E-state index >= 15 is 0 Å². The lowest BCUT2D eigenvalue weighted by atomic mass is 10.1. The molecule has 100 valence electrons. The minimum absolute atomic E-state index is 0.0379. The second kappa shape index (κ2) is 5.11. The van der Waals surface area contributed by atoms with Gasteiger partial charge in [0.25, 0.3) is 0 Å². The molecule has 1 aliphatic rings. The van der Waals surface area contributed by atoms with Gasteiger partial charge in [0, 0.05) is 6.07 Å². The summed E-state index contributed by atoms with van der Waals surface area (Å²) in [5, 5.41) is 37.9. The standard InChI is InChI=1S/C12H16O6/c1-6-2-7(13)4-8(3-6)18-12-11(16)10(15)9(14)5-17-12/h2-4,9-16H,5H2,1H3/t9-,10+,11-,12?/m1/s1. The van der Waals surface area contributed by atoms with E-state index in [1.165, 1.54) is 6.07 Å². The Morgan fingerprint density at radius 1 is 1.17 bits per heavy atom. The van der Waals surface area contributed by atoms with Crippen LogP contribution in [0.2, 0.25) is 0 Å². The predicted molar refractivity (Wildman–Crippen MR) is 61.2 cm³/mol. The highest BCUT2D eigenvalue weighted by atomic mass is 16.7. The van der Waals surface area contributed by atoms with Crippen LogP contribution in [0.5, 0.6) is 11.5 Å². The first-order chi connectivity index (χ1) is 8.47. The van der Waals surface area contributed by atoms with Gasteiger partial charge in [0.1, 0.15) is 29.8 Å². The van der Waals surface area contributed by atoms with E-state index in [0.717, 1.165) is 5.56 Å². The van der Waals surface area contributed by atoms with Crippen LogP contribution in [0.3, 0.4) is 0 Å². The molecule has 0 bridgehead atoms. The molecule has 1 unspecified atom stereocenters. The van der Waals surface area contributed by atoms with Crippen LogP contribution in [0.25, 0.3) is 0 Å². The van der Waals surface area contributed by atoms with Crippen LogP contribution in [0, 0.1) is 6.92 Å². The van der Waals surface area contributed by atoms with Crippen LogP contribution < -0.4 is 4.74 Å². The van der Waals surface area contributed by atoms with E-state index in [0.29, 0.717) is 5.75 Å². The maximum atomic E-state index is 9.69. The van der Waals surface area contributed by atoms with Gasteiger partial charge < -0.3 is 29.9 Å². The number of ether oxygens (including phenoxy) is 2. The molecule has 18 heavy (non-hydrogen) atoms. The van der Waals surface area contributed by atoms with E-state index in [-0.39, 0.29) is 12.4 Å². The molecule has 6 nitrogen and oxygen atoms in total. The number of aryl methyl sites for hydroxylation is 1. The molecule has 0 radical (unpaired) electrons. The van der Waals surface area contributed by atoms with Crippen molar-refractivity contribution in [2.24, 2.45) is 0 Å². The number of phenolic OH excluding ortho intramolecular Hbond substituents is 1. The highest BCUT2D eigenvalue weighted by molar-refractivity contribution is 5.36. The van der Waals surface area contributed by atoms with E-state index in [9.17, 15) is 20.4 Å². The fraction of sp³-hybridized carbons (Fsp3) is 0.500. The minimum atomic E-state index is -1.35. The summed E-state index contributed by atoms with van der Waals surface area (Å²) in [6, 6.07) is 4.59. The summed E-state index contributed by atoms with van der Waals surface area (Å²) in [6.07, 6.45) is -4.88. The zero-order valence-electron chi connectivity index (χ0n) is 9.85. The molecule has 1 saturated heterocycles. The third-order valence-corrected chi connectivity index (χ3v) is 2.74. The summed E-state index contributed by atoms with van der Waals surface area (Å²) in [7, 11) is 0. The summed E-state index contributed by atoms with van der Waals surface area (Å²) < 4.78 is 10.4. The van der Waals surface area contributed by atoms with Gasteiger partial charge in [-0.05, 0) is 24.6 Å². The Bertz CT molecular complexity index is 401. The number of benzene rings is 1. The monoisotopic (exact) mass is 256 g/mol. The van der Waals surface area contributed by atoms with E-state index in [1.54, 1.807) is 19.1 Å².